The fraction of sp³-hybridized carbons (Fsp3) is 0.286. The molecule has 9 nitrogen and oxygen atoms in total. The molecular weight excluding hydrogens is 502 g/mol. The van der Waals surface area contributed by atoms with Crippen LogP contribution in [-0.2, 0) is 0 Å². The van der Waals surface area contributed by atoms with Crippen molar-refractivity contribution in [3.63, 3.8) is 0 Å². The number of benzene rings is 1. The molecule has 4 aromatic rings. The highest BCUT2D eigenvalue weighted by molar-refractivity contribution is 5.68. The van der Waals surface area contributed by atoms with Crippen LogP contribution in [0, 0.1) is 39.0 Å². The standard InChI is InChI=1S/C14H14F2N4O.C14H16N4/c1-8-4-5-12(21-10(3)13(15)16)14(18-8)20-9(2)6-11(7-17)19-20;1-4-15-13-9-12(7-5-10(13)2)16-14-8-6-11(3)17-18-14/h4-6,10,13H,1-3H3;4-9H,1-3H3,(H,16,18). The molecule has 0 radical (unpaired) electrons. The Hall–Kier alpha value is -4.72. The van der Waals surface area contributed by atoms with Gasteiger partial charge in [-0.25, -0.2) is 18.4 Å². The lowest BCUT2D eigenvalue weighted by atomic mass is 10.2. The van der Waals surface area contributed by atoms with Crippen molar-refractivity contribution in [1.82, 2.24) is 25.0 Å². The molecule has 1 aromatic carbocycles. The quantitative estimate of drug-likeness (QED) is 0.276. The van der Waals surface area contributed by atoms with Crippen LogP contribution < -0.4 is 10.1 Å². The van der Waals surface area contributed by atoms with Gasteiger partial charge in [0.05, 0.1) is 11.4 Å². The number of ether oxygens (including phenoxy) is 1. The SMILES string of the molecule is CC=Nc1cc(Nc2ccc(C)nn2)ccc1C.Cc1ccc(OC(C)C(F)F)c(-n2nc(C#N)cc2C)n1. The Morgan fingerprint density at radius 1 is 1.03 bits per heavy atom. The third-order valence-corrected chi connectivity index (χ3v) is 5.40. The van der Waals surface area contributed by atoms with Crippen LogP contribution in [0.15, 0.2) is 53.5 Å². The summed E-state index contributed by atoms with van der Waals surface area (Å²) < 4.78 is 32.0. The molecule has 0 bridgehead atoms. The molecule has 0 amide bonds. The van der Waals surface area contributed by atoms with Crippen molar-refractivity contribution >= 4 is 23.4 Å². The van der Waals surface area contributed by atoms with E-state index in [1.807, 2.05) is 57.2 Å². The summed E-state index contributed by atoms with van der Waals surface area (Å²) in [6.07, 6.45) is -2.08. The fourth-order valence-corrected chi connectivity index (χ4v) is 3.35. The van der Waals surface area contributed by atoms with Crippen molar-refractivity contribution in [2.75, 3.05) is 5.32 Å². The Morgan fingerprint density at radius 3 is 2.38 bits per heavy atom. The van der Waals surface area contributed by atoms with Crippen molar-refractivity contribution in [3.8, 4) is 17.6 Å². The molecule has 3 heterocycles. The van der Waals surface area contributed by atoms with Gasteiger partial charge in [-0.2, -0.15) is 15.5 Å². The summed E-state index contributed by atoms with van der Waals surface area (Å²) in [5.74, 6) is 1.22. The molecule has 1 N–H and O–H groups in total. The van der Waals surface area contributed by atoms with Gasteiger partial charge in [-0.3, -0.25) is 4.99 Å². The molecule has 3 aromatic heterocycles. The van der Waals surface area contributed by atoms with Crippen LogP contribution in [0.25, 0.3) is 5.82 Å². The normalized spacial score (nSPS) is 11.6. The Morgan fingerprint density at radius 2 is 1.77 bits per heavy atom. The van der Waals surface area contributed by atoms with Crippen LogP contribution in [0.5, 0.6) is 5.75 Å². The Kier molecular flexibility index (Phi) is 9.75. The van der Waals surface area contributed by atoms with Crippen LogP contribution in [0.1, 0.15) is 42.2 Å². The predicted octanol–water partition coefficient (Wildman–Crippen LogP) is 6.35. The number of halogens is 2. The third-order valence-electron chi connectivity index (χ3n) is 5.40. The van der Waals surface area contributed by atoms with Gasteiger partial charge < -0.3 is 10.1 Å². The molecule has 1 unspecified atom stereocenters. The number of hydrogen-bond donors (Lipinski definition) is 1. The number of aliphatic imine (C=N–C) groups is 1. The van der Waals surface area contributed by atoms with Gasteiger partial charge in [-0.05, 0) is 89.6 Å². The van der Waals surface area contributed by atoms with Crippen molar-refractivity contribution in [1.29, 1.82) is 5.26 Å². The van der Waals surface area contributed by atoms with Crippen LogP contribution in [0.4, 0.5) is 26.0 Å². The minimum absolute atomic E-state index is 0.198. The van der Waals surface area contributed by atoms with Crippen molar-refractivity contribution in [3.05, 3.63) is 76.9 Å². The highest BCUT2D eigenvalue weighted by atomic mass is 19.3. The summed E-state index contributed by atoms with van der Waals surface area (Å²) in [5, 5.41) is 24.3. The van der Waals surface area contributed by atoms with E-state index in [9.17, 15) is 8.78 Å². The summed E-state index contributed by atoms with van der Waals surface area (Å²) in [6, 6.07) is 16.6. The monoisotopic (exact) mass is 532 g/mol. The number of anilines is 2. The number of nitrogens with one attached hydrogen (secondary N) is 1. The topological polar surface area (TPSA) is 114 Å². The zero-order valence-electron chi connectivity index (χ0n) is 22.6. The van der Waals surface area contributed by atoms with Gasteiger partial charge in [-0.15, -0.1) is 5.10 Å². The van der Waals surface area contributed by atoms with Crippen LogP contribution >= 0.6 is 0 Å². The number of nitrogens with zero attached hydrogens (tertiary/aromatic N) is 7. The molecule has 0 saturated heterocycles. The largest absolute Gasteiger partial charge is 0.481 e. The van der Waals surface area contributed by atoms with Crippen molar-refractivity contribution in [2.45, 2.75) is 54.1 Å². The van der Waals surface area contributed by atoms with E-state index in [0.717, 1.165) is 28.5 Å². The number of aryl methyl sites for hydroxylation is 4. The van der Waals surface area contributed by atoms with E-state index < -0.39 is 12.5 Å². The molecule has 0 aliphatic rings. The molecule has 11 heteroatoms. The Balaban J connectivity index is 0.000000218. The van der Waals surface area contributed by atoms with Crippen molar-refractivity contribution in [2.24, 2.45) is 4.99 Å². The van der Waals surface area contributed by atoms with E-state index in [-0.39, 0.29) is 11.4 Å². The lowest BCUT2D eigenvalue weighted by Gasteiger charge is -2.17. The average Bonchev–Trinajstić information content (AvgIpc) is 3.29. The molecule has 4 rings (SSSR count). The van der Waals surface area contributed by atoms with Crippen molar-refractivity contribution < 1.29 is 13.5 Å². The van der Waals surface area contributed by atoms with E-state index >= 15 is 0 Å². The Labute approximate surface area is 226 Å². The first kappa shape index (κ1) is 28.8. The summed E-state index contributed by atoms with van der Waals surface area (Å²) in [4.78, 5) is 8.61. The van der Waals surface area contributed by atoms with E-state index in [4.69, 9.17) is 10.00 Å². The maximum absolute atomic E-state index is 12.7. The first-order valence-corrected chi connectivity index (χ1v) is 12.2. The zero-order valence-corrected chi connectivity index (χ0v) is 22.6. The minimum atomic E-state index is -2.60. The maximum atomic E-state index is 12.7. The first-order chi connectivity index (χ1) is 18.6. The number of aromatic nitrogens is 5. The third kappa shape index (κ3) is 7.88. The van der Waals surface area contributed by atoms with E-state index in [1.165, 1.54) is 11.6 Å². The lowest BCUT2D eigenvalue weighted by Crippen LogP contribution is -2.22. The summed E-state index contributed by atoms with van der Waals surface area (Å²) >= 11 is 0. The van der Waals surface area contributed by atoms with Gasteiger partial charge in [-0.1, -0.05) is 6.07 Å². The number of rotatable bonds is 7. The predicted molar refractivity (Wildman–Crippen MR) is 147 cm³/mol. The van der Waals surface area contributed by atoms with E-state index in [1.54, 1.807) is 38.3 Å². The van der Waals surface area contributed by atoms with Gasteiger partial charge in [0, 0.05) is 23.3 Å². The van der Waals surface area contributed by atoms with Gasteiger partial charge >= 0.3 is 0 Å². The molecule has 39 heavy (non-hydrogen) atoms. The number of nitriles is 1. The zero-order chi connectivity index (χ0) is 28.5. The Bertz CT molecular complexity index is 1480. The molecule has 1 atom stereocenters. The number of hydrogen-bond acceptors (Lipinski definition) is 8. The van der Waals surface area contributed by atoms with Crippen LogP contribution in [-0.4, -0.2) is 43.7 Å². The molecular formula is C28H30F2N8O. The molecule has 0 aliphatic heterocycles. The average molecular weight is 533 g/mol. The second-order valence-corrected chi connectivity index (χ2v) is 8.70. The second kappa shape index (κ2) is 13.2. The minimum Gasteiger partial charge on any atom is -0.481 e. The molecule has 0 aliphatic carbocycles. The molecule has 0 spiro atoms. The van der Waals surface area contributed by atoms with Crippen LogP contribution in [0.2, 0.25) is 0 Å². The fourth-order valence-electron chi connectivity index (χ4n) is 3.35. The molecule has 202 valence electrons. The molecule has 0 fully saturated rings. The van der Waals surface area contributed by atoms with E-state index in [2.05, 4.69) is 30.6 Å². The van der Waals surface area contributed by atoms with Gasteiger partial charge in [0.1, 0.15) is 6.07 Å². The van der Waals surface area contributed by atoms with Gasteiger partial charge in [0.15, 0.2) is 29.2 Å². The smallest absolute Gasteiger partial charge is 0.274 e. The van der Waals surface area contributed by atoms with E-state index in [0.29, 0.717) is 17.2 Å². The lowest BCUT2D eigenvalue weighted by molar-refractivity contribution is 0.0223. The first-order valence-electron chi connectivity index (χ1n) is 12.2. The number of pyridine rings is 1. The second-order valence-electron chi connectivity index (χ2n) is 8.70. The van der Waals surface area contributed by atoms with Crippen LogP contribution in [0.3, 0.4) is 0 Å². The maximum Gasteiger partial charge on any atom is 0.274 e. The summed E-state index contributed by atoms with van der Waals surface area (Å²) in [7, 11) is 0. The van der Waals surface area contributed by atoms with Gasteiger partial charge in [0.25, 0.3) is 6.43 Å². The highest BCUT2D eigenvalue weighted by Crippen LogP contribution is 2.26. The van der Waals surface area contributed by atoms with Gasteiger partial charge in [0.2, 0.25) is 0 Å². The molecule has 0 saturated carbocycles. The highest BCUT2D eigenvalue weighted by Gasteiger charge is 2.20. The number of alkyl halides is 2. The summed E-state index contributed by atoms with van der Waals surface area (Å²) in [5.41, 5.74) is 5.55. The summed E-state index contributed by atoms with van der Waals surface area (Å²) in [6.45, 7) is 10.7.